The molecule has 1 aromatic heterocycles. The summed E-state index contributed by atoms with van der Waals surface area (Å²) in [6.45, 7) is 0.429. The molecule has 0 spiro atoms. The largest absolute Gasteiger partial charge is 0.416 e. The van der Waals surface area contributed by atoms with E-state index >= 15 is 0 Å². The van der Waals surface area contributed by atoms with Gasteiger partial charge >= 0.3 is 12.4 Å². The molecule has 0 amide bonds. The van der Waals surface area contributed by atoms with Crippen molar-refractivity contribution >= 4 is 11.1 Å². The molecule has 1 unspecified atom stereocenters. The van der Waals surface area contributed by atoms with E-state index in [0.29, 0.717) is 6.54 Å². The summed E-state index contributed by atoms with van der Waals surface area (Å²) in [5.41, 5.74) is -1.68. The number of nitrogens with zero attached hydrogens (tertiary/aromatic N) is 5. The number of fused-ring (bicyclic) bond motifs is 6. The fraction of sp³-hybridized carbons (Fsp3) is 0.148. The fourth-order valence-electron chi connectivity index (χ4n) is 4.92. The molecule has 2 aliphatic carbocycles. The summed E-state index contributed by atoms with van der Waals surface area (Å²) in [6.07, 6.45) is -9.37. The van der Waals surface area contributed by atoms with Crippen molar-refractivity contribution in [3.63, 3.8) is 0 Å². The van der Waals surface area contributed by atoms with E-state index in [4.69, 9.17) is 0 Å². The molecule has 0 radical (unpaired) electrons. The lowest BCUT2D eigenvalue weighted by Crippen LogP contribution is -2.06. The minimum Gasteiger partial charge on any atom is -0.306 e. The molecule has 3 aliphatic rings. The number of nitrogens with one attached hydrogen (secondary N) is 1. The van der Waals surface area contributed by atoms with Crippen molar-refractivity contribution in [2.45, 2.75) is 18.4 Å². The van der Waals surface area contributed by atoms with E-state index in [0.717, 1.165) is 30.3 Å². The molecular weight excluding hydrogens is 522 g/mol. The zero-order valence-corrected chi connectivity index (χ0v) is 19.3. The predicted octanol–water partition coefficient (Wildman–Crippen LogP) is 5.62. The van der Waals surface area contributed by atoms with Gasteiger partial charge in [-0.15, -0.1) is 0 Å². The van der Waals surface area contributed by atoms with Crippen LogP contribution in [0.15, 0.2) is 47.5 Å². The number of nitriles is 3. The maximum atomic E-state index is 13.6. The van der Waals surface area contributed by atoms with Gasteiger partial charge in [0.2, 0.25) is 0 Å². The molecule has 1 fully saturated rings. The first-order valence-corrected chi connectivity index (χ1v) is 11.3. The second kappa shape index (κ2) is 8.00. The lowest BCUT2D eigenvalue weighted by Gasteiger charge is -2.10. The van der Waals surface area contributed by atoms with E-state index in [9.17, 15) is 42.1 Å². The Morgan fingerprint density at radius 2 is 1.15 bits per heavy atom. The molecule has 1 saturated heterocycles. The second-order valence-electron chi connectivity index (χ2n) is 8.97. The average molecular weight is 532 g/mol. The van der Waals surface area contributed by atoms with Gasteiger partial charge in [-0.1, -0.05) is 12.1 Å². The Labute approximate surface area is 215 Å². The van der Waals surface area contributed by atoms with Gasteiger partial charge in [0, 0.05) is 28.8 Å². The Balaban J connectivity index is 1.69. The van der Waals surface area contributed by atoms with E-state index in [1.165, 1.54) is 6.07 Å². The summed E-state index contributed by atoms with van der Waals surface area (Å²) < 4.78 is 81.3. The lowest BCUT2D eigenvalue weighted by atomic mass is 9.97. The molecule has 1 aliphatic heterocycles. The van der Waals surface area contributed by atoms with Crippen molar-refractivity contribution in [3.8, 4) is 40.7 Å². The van der Waals surface area contributed by atoms with Gasteiger partial charge in [-0.3, -0.25) is 0 Å². The molecule has 190 valence electrons. The van der Waals surface area contributed by atoms with E-state index < -0.39 is 35.1 Å². The Morgan fingerprint density at radius 3 is 1.56 bits per heavy atom. The van der Waals surface area contributed by atoms with Crippen molar-refractivity contribution in [2.24, 2.45) is 0 Å². The molecule has 12 heteroatoms. The lowest BCUT2D eigenvalue weighted by molar-refractivity contribution is -0.138. The number of hydrogen-bond acceptors (Lipinski definition) is 6. The fourth-order valence-corrected chi connectivity index (χ4v) is 4.92. The van der Waals surface area contributed by atoms with E-state index in [1.807, 2.05) is 6.07 Å². The number of benzene rings is 2. The molecule has 1 atom stereocenters. The molecule has 3 aromatic rings. The van der Waals surface area contributed by atoms with Crippen LogP contribution < -0.4 is 5.32 Å². The Kier molecular flexibility index (Phi) is 5.00. The second-order valence-corrected chi connectivity index (χ2v) is 8.97. The van der Waals surface area contributed by atoms with Gasteiger partial charge in [-0.25, -0.2) is 9.97 Å². The van der Waals surface area contributed by atoms with Gasteiger partial charge in [-0.05, 0) is 35.4 Å². The summed E-state index contributed by atoms with van der Waals surface area (Å²) in [5.74, 6) is 0. The van der Waals surface area contributed by atoms with Gasteiger partial charge in [0.1, 0.15) is 23.4 Å². The van der Waals surface area contributed by atoms with Gasteiger partial charge in [0.05, 0.1) is 45.9 Å². The maximum Gasteiger partial charge on any atom is 0.416 e. The third kappa shape index (κ3) is 3.59. The number of rotatable bonds is 1. The number of allylic oxidation sites excluding steroid dienone is 1. The summed E-state index contributed by atoms with van der Waals surface area (Å²) in [5, 5.41) is 32.0. The summed E-state index contributed by atoms with van der Waals surface area (Å²) in [4.78, 5) is 9.19. The normalized spacial score (nSPS) is 17.7. The molecule has 0 bridgehead atoms. The zero-order chi connectivity index (χ0) is 27.9. The minimum atomic E-state index is -4.71. The highest BCUT2D eigenvalue weighted by atomic mass is 19.4. The summed E-state index contributed by atoms with van der Waals surface area (Å²) in [7, 11) is 0. The van der Waals surface area contributed by atoms with Crippen LogP contribution in [0.25, 0.3) is 33.7 Å². The quantitative estimate of drug-likeness (QED) is 0.170. The van der Waals surface area contributed by atoms with Gasteiger partial charge in [0.15, 0.2) is 0 Å². The van der Waals surface area contributed by atoms with E-state index in [-0.39, 0.29) is 61.7 Å². The van der Waals surface area contributed by atoms with Crippen LogP contribution in [0.5, 0.6) is 0 Å². The standard InChI is InChI=1S/C27H10F6N6/c28-26(29,30)12-1-3-14-16(5-12)20(11(7-34)8-35)24-22(14)39-25-21(18(9-36)19-10-37-19)17-6-13(27(31,32)33)2-4-15(17)23(25)38-24/h1-6,19,37H,10H2/b21-18-. The number of halogens is 6. The minimum absolute atomic E-state index is 0.0451. The van der Waals surface area contributed by atoms with Crippen molar-refractivity contribution in [1.82, 2.24) is 15.3 Å². The first-order chi connectivity index (χ1) is 18.5. The van der Waals surface area contributed by atoms with Crippen LogP contribution in [-0.2, 0) is 12.4 Å². The van der Waals surface area contributed by atoms with Crippen molar-refractivity contribution in [3.05, 3.63) is 81.2 Å². The smallest absolute Gasteiger partial charge is 0.306 e. The predicted molar refractivity (Wildman–Crippen MR) is 124 cm³/mol. The van der Waals surface area contributed by atoms with Gasteiger partial charge in [-0.2, -0.15) is 42.1 Å². The van der Waals surface area contributed by atoms with Gasteiger partial charge in [0.25, 0.3) is 0 Å². The molecule has 6 rings (SSSR count). The molecule has 39 heavy (non-hydrogen) atoms. The van der Waals surface area contributed by atoms with Crippen LogP contribution >= 0.6 is 0 Å². The Bertz CT molecular complexity index is 1810. The summed E-state index contributed by atoms with van der Waals surface area (Å²) in [6, 6.07) is 10.8. The van der Waals surface area contributed by atoms with E-state index in [1.54, 1.807) is 12.1 Å². The van der Waals surface area contributed by atoms with Crippen molar-refractivity contribution in [1.29, 1.82) is 15.8 Å². The topological polar surface area (TPSA) is 119 Å². The highest BCUT2D eigenvalue weighted by Gasteiger charge is 2.41. The third-order valence-electron chi connectivity index (χ3n) is 6.73. The van der Waals surface area contributed by atoms with Crippen LogP contribution in [-0.4, -0.2) is 22.6 Å². The monoisotopic (exact) mass is 532 g/mol. The molecule has 0 saturated carbocycles. The SMILES string of the molecule is N#CC(C#N)=C1c2cc(C(F)(F)F)ccc2-c2nc3c(nc21)-c1ccc(C(F)(F)F)cc1/C3=C(\C#N)C1CN1. The van der Waals surface area contributed by atoms with E-state index in [2.05, 4.69) is 15.3 Å². The van der Waals surface area contributed by atoms with Gasteiger partial charge < -0.3 is 5.32 Å². The number of aromatic nitrogens is 2. The zero-order valence-electron chi connectivity index (χ0n) is 19.3. The Hall–Kier alpha value is -4.99. The van der Waals surface area contributed by atoms with Crippen LogP contribution in [0, 0.1) is 34.0 Å². The maximum absolute atomic E-state index is 13.6. The van der Waals surface area contributed by atoms with Crippen LogP contribution in [0.1, 0.15) is 33.6 Å². The molecule has 2 aromatic carbocycles. The van der Waals surface area contributed by atoms with Crippen LogP contribution in [0.3, 0.4) is 0 Å². The number of hydrogen-bond donors (Lipinski definition) is 1. The average Bonchev–Trinajstić information content (AvgIpc) is 3.62. The molecule has 6 nitrogen and oxygen atoms in total. The van der Waals surface area contributed by atoms with Crippen LogP contribution in [0.2, 0.25) is 0 Å². The highest BCUT2D eigenvalue weighted by molar-refractivity contribution is 6.06. The van der Waals surface area contributed by atoms with Crippen LogP contribution in [0.4, 0.5) is 26.3 Å². The first-order valence-electron chi connectivity index (χ1n) is 11.3. The molecule has 2 heterocycles. The third-order valence-corrected chi connectivity index (χ3v) is 6.73. The molecule has 1 N–H and O–H groups in total. The Morgan fingerprint density at radius 1 is 0.692 bits per heavy atom. The van der Waals surface area contributed by atoms with Crippen molar-refractivity contribution < 1.29 is 26.3 Å². The van der Waals surface area contributed by atoms with Crippen molar-refractivity contribution in [2.75, 3.05) is 6.54 Å². The highest BCUT2D eigenvalue weighted by Crippen LogP contribution is 2.52. The first kappa shape index (κ1) is 24.4. The molecular formula is C27H10F6N6. The summed E-state index contributed by atoms with van der Waals surface area (Å²) >= 11 is 0. The number of alkyl halides is 6.